The monoisotopic (exact) mass is 562 g/mol. The van der Waals surface area contributed by atoms with E-state index in [-0.39, 0.29) is 29.3 Å². The number of hydrogen-bond donors (Lipinski definition) is 1. The summed E-state index contributed by atoms with van der Waals surface area (Å²) < 4.78 is 60.2. The molecule has 212 valence electrons. The molecule has 3 aromatic rings. The second-order valence-electron chi connectivity index (χ2n) is 10.9. The highest BCUT2D eigenvalue weighted by molar-refractivity contribution is 7.93. The Balaban J connectivity index is 1.75. The Bertz CT molecular complexity index is 1380. The lowest BCUT2D eigenvalue weighted by atomic mass is 9.94. The van der Waals surface area contributed by atoms with Crippen LogP contribution in [0.1, 0.15) is 45.6 Å². The first-order valence-corrected chi connectivity index (χ1v) is 14.5. The molecule has 12 heteroatoms. The zero-order chi connectivity index (χ0) is 28.5. The molecular formula is C27H36F2N6O3S. The largest absolute Gasteiger partial charge is 0.419 e. The van der Waals surface area contributed by atoms with Gasteiger partial charge < -0.3 is 15.1 Å². The van der Waals surface area contributed by atoms with Crippen LogP contribution < -0.4 is 14.9 Å². The summed E-state index contributed by atoms with van der Waals surface area (Å²) >= 11 is 0. The molecule has 0 amide bonds. The van der Waals surface area contributed by atoms with E-state index in [4.69, 9.17) is 10.2 Å². The van der Waals surface area contributed by atoms with Crippen molar-refractivity contribution in [3.05, 3.63) is 53.9 Å². The summed E-state index contributed by atoms with van der Waals surface area (Å²) in [5, 5.41) is 7.64. The lowest BCUT2D eigenvalue weighted by molar-refractivity contribution is 0.154. The van der Waals surface area contributed by atoms with Crippen LogP contribution in [-0.2, 0) is 22.0 Å². The molecule has 1 fully saturated rings. The highest BCUT2D eigenvalue weighted by Crippen LogP contribution is 2.40. The number of alkyl halides is 2. The van der Waals surface area contributed by atoms with Gasteiger partial charge in [0, 0.05) is 19.2 Å². The van der Waals surface area contributed by atoms with Crippen LogP contribution >= 0.6 is 0 Å². The van der Waals surface area contributed by atoms with Gasteiger partial charge in [-0.05, 0) is 63.1 Å². The van der Waals surface area contributed by atoms with Gasteiger partial charge in [0.15, 0.2) is 0 Å². The van der Waals surface area contributed by atoms with Gasteiger partial charge in [0.05, 0.1) is 17.3 Å². The van der Waals surface area contributed by atoms with Crippen LogP contribution in [0, 0.1) is 11.8 Å². The Morgan fingerprint density at radius 2 is 1.79 bits per heavy atom. The van der Waals surface area contributed by atoms with Crippen molar-refractivity contribution in [1.29, 1.82) is 0 Å². The number of nitrogens with zero attached hydrogens (tertiary/aromatic N) is 5. The molecule has 3 atom stereocenters. The van der Waals surface area contributed by atoms with E-state index in [0.717, 1.165) is 16.3 Å². The Hall–Kier alpha value is -3.12. The second-order valence-corrected chi connectivity index (χ2v) is 13.4. The zero-order valence-electron chi connectivity index (χ0n) is 22.9. The van der Waals surface area contributed by atoms with Crippen molar-refractivity contribution in [2.75, 3.05) is 29.3 Å². The van der Waals surface area contributed by atoms with E-state index < -0.39 is 33.8 Å². The quantitative estimate of drug-likeness (QED) is 0.344. The molecule has 2 heterocycles. The fourth-order valence-corrected chi connectivity index (χ4v) is 5.41. The van der Waals surface area contributed by atoms with Gasteiger partial charge in [-0.15, -0.1) is 10.2 Å². The van der Waals surface area contributed by atoms with E-state index in [2.05, 4.69) is 22.1 Å². The summed E-state index contributed by atoms with van der Waals surface area (Å²) in [6, 6.07) is 12.7. The third kappa shape index (κ3) is 6.73. The maximum absolute atomic E-state index is 13.6. The molecule has 2 aromatic heterocycles. The number of hydrogen-bond acceptors (Lipinski definition) is 8. The molecular weight excluding hydrogens is 526 g/mol. The van der Waals surface area contributed by atoms with Crippen molar-refractivity contribution < 1.29 is 21.6 Å². The second kappa shape index (κ2) is 11.2. The first kappa shape index (κ1) is 28.9. The zero-order valence-corrected chi connectivity index (χ0v) is 23.7. The molecule has 0 spiro atoms. The summed E-state index contributed by atoms with van der Waals surface area (Å²) in [6.07, 6.45) is -1.22. The van der Waals surface area contributed by atoms with Crippen molar-refractivity contribution in [2.45, 2.75) is 57.8 Å². The number of aromatic nitrogens is 3. The van der Waals surface area contributed by atoms with E-state index in [0.29, 0.717) is 24.4 Å². The topological polar surface area (TPSA) is 118 Å². The molecule has 39 heavy (non-hydrogen) atoms. The van der Waals surface area contributed by atoms with E-state index in [1.807, 2.05) is 30.3 Å². The standard InChI is InChI=1S/C27H36F2N6O3S/c1-17(2)39(36,37)34(5)23-12-20(13-24(31-23)35(16-22(28)29)15-21-11-18(21)3)25-32-33-26(38-25)27(4,30)14-19-9-7-6-8-10-19/h6-10,12-13,17-18,21-22H,11,14-16,30H2,1-5H3. The minimum Gasteiger partial charge on any atom is -0.419 e. The summed E-state index contributed by atoms with van der Waals surface area (Å²) in [7, 11) is -2.36. The predicted molar refractivity (Wildman–Crippen MR) is 147 cm³/mol. The molecule has 1 aliphatic carbocycles. The van der Waals surface area contributed by atoms with Crippen LogP contribution in [0.3, 0.4) is 0 Å². The summed E-state index contributed by atoms with van der Waals surface area (Å²) in [4.78, 5) is 6.00. The first-order chi connectivity index (χ1) is 18.3. The lowest BCUT2D eigenvalue weighted by Crippen LogP contribution is -2.35. The van der Waals surface area contributed by atoms with Gasteiger partial charge in [-0.2, -0.15) is 0 Å². The SMILES string of the molecule is CC1CC1CN(CC(F)F)c1cc(-c2nnc(C(C)(N)Cc3ccccc3)o2)cc(N(C)S(=O)(=O)C(C)C)n1. The van der Waals surface area contributed by atoms with Crippen LogP contribution in [0.15, 0.2) is 46.9 Å². The number of benzene rings is 1. The third-order valence-electron chi connectivity index (χ3n) is 7.09. The van der Waals surface area contributed by atoms with Crippen molar-refractivity contribution in [1.82, 2.24) is 15.2 Å². The highest BCUT2D eigenvalue weighted by atomic mass is 32.2. The normalized spacial score (nSPS) is 18.8. The molecule has 1 aromatic carbocycles. The third-order valence-corrected chi connectivity index (χ3v) is 9.23. The molecule has 4 rings (SSSR count). The highest BCUT2D eigenvalue weighted by Gasteiger charge is 2.36. The Morgan fingerprint density at radius 1 is 1.15 bits per heavy atom. The molecule has 9 nitrogen and oxygen atoms in total. The van der Waals surface area contributed by atoms with Crippen molar-refractivity contribution in [2.24, 2.45) is 17.6 Å². The molecule has 3 unspecified atom stereocenters. The number of rotatable bonds is 12. The average molecular weight is 563 g/mol. The summed E-state index contributed by atoms with van der Waals surface area (Å²) in [5.74, 6) is 1.27. The fourth-order valence-electron chi connectivity index (χ4n) is 4.43. The number of sulfonamides is 1. The Morgan fingerprint density at radius 3 is 2.38 bits per heavy atom. The summed E-state index contributed by atoms with van der Waals surface area (Å²) in [5.41, 5.74) is 6.92. The maximum Gasteiger partial charge on any atom is 0.255 e. The number of pyridine rings is 1. The van der Waals surface area contributed by atoms with Gasteiger partial charge in [-0.25, -0.2) is 22.2 Å². The molecule has 1 aliphatic rings. The van der Waals surface area contributed by atoms with E-state index in [1.54, 1.807) is 26.8 Å². The van der Waals surface area contributed by atoms with Gasteiger partial charge in [-0.3, -0.25) is 4.31 Å². The van der Waals surface area contributed by atoms with E-state index in [9.17, 15) is 17.2 Å². The minimum atomic E-state index is -3.75. The molecule has 0 radical (unpaired) electrons. The van der Waals surface area contributed by atoms with Gasteiger partial charge in [0.2, 0.25) is 21.8 Å². The van der Waals surface area contributed by atoms with Gasteiger partial charge in [-0.1, -0.05) is 37.3 Å². The van der Waals surface area contributed by atoms with Crippen molar-refractivity contribution >= 4 is 21.7 Å². The summed E-state index contributed by atoms with van der Waals surface area (Å²) in [6.45, 7) is 6.83. The molecule has 1 saturated carbocycles. The van der Waals surface area contributed by atoms with Crippen LogP contribution in [-0.4, -0.2) is 55.4 Å². The minimum absolute atomic E-state index is 0.0684. The van der Waals surface area contributed by atoms with E-state index >= 15 is 0 Å². The number of anilines is 2. The van der Waals surface area contributed by atoms with Crippen LogP contribution in [0.2, 0.25) is 0 Å². The smallest absolute Gasteiger partial charge is 0.255 e. The number of halogens is 2. The molecule has 0 saturated heterocycles. The first-order valence-electron chi connectivity index (χ1n) is 13.0. The molecule has 0 bridgehead atoms. The van der Waals surface area contributed by atoms with Crippen LogP contribution in [0.5, 0.6) is 0 Å². The fraction of sp³-hybridized carbons (Fsp3) is 0.519. The molecule has 0 aliphatic heterocycles. The van der Waals surface area contributed by atoms with Gasteiger partial charge >= 0.3 is 0 Å². The lowest BCUT2D eigenvalue weighted by Gasteiger charge is -2.27. The van der Waals surface area contributed by atoms with Crippen LogP contribution in [0.25, 0.3) is 11.5 Å². The Labute approximate surface area is 228 Å². The molecule has 2 N–H and O–H groups in total. The van der Waals surface area contributed by atoms with Gasteiger partial charge in [0.25, 0.3) is 6.43 Å². The van der Waals surface area contributed by atoms with Crippen molar-refractivity contribution in [3.8, 4) is 11.5 Å². The predicted octanol–water partition coefficient (Wildman–Crippen LogP) is 4.45. The van der Waals surface area contributed by atoms with Crippen molar-refractivity contribution in [3.63, 3.8) is 0 Å². The average Bonchev–Trinajstić information content (AvgIpc) is 3.34. The maximum atomic E-state index is 13.6. The van der Waals surface area contributed by atoms with E-state index in [1.165, 1.54) is 18.0 Å². The van der Waals surface area contributed by atoms with Gasteiger partial charge in [0.1, 0.15) is 11.6 Å². The van der Waals surface area contributed by atoms with Crippen LogP contribution in [0.4, 0.5) is 20.4 Å². The Kier molecular flexibility index (Phi) is 8.27. The number of nitrogens with two attached hydrogens (primary N) is 1.